The number of carbonyl (C=O) groups excluding carboxylic acids is 1. The van der Waals surface area contributed by atoms with Crippen molar-refractivity contribution in [2.24, 2.45) is 5.92 Å². The molecule has 3 aliphatic rings. The van der Waals surface area contributed by atoms with Gasteiger partial charge in [-0.15, -0.1) is 0 Å². The summed E-state index contributed by atoms with van der Waals surface area (Å²) < 4.78 is 0. The maximum Gasteiger partial charge on any atom is 0.225 e. The number of fused-ring (bicyclic) bond motifs is 4. The monoisotopic (exact) mass is 353 g/mol. The van der Waals surface area contributed by atoms with Crippen LogP contribution in [0.15, 0.2) is 24.3 Å². The lowest BCUT2D eigenvalue weighted by Crippen LogP contribution is -2.50. The van der Waals surface area contributed by atoms with Gasteiger partial charge in [-0.1, -0.05) is 75.6 Å². The van der Waals surface area contributed by atoms with Crippen molar-refractivity contribution < 1.29 is 4.79 Å². The number of carbonyl (C=O) groups is 1. The predicted octanol–water partition coefficient (Wildman–Crippen LogP) is 5.85. The van der Waals surface area contributed by atoms with Gasteiger partial charge in [-0.3, -0.25) is 4.79 Å². The van der Waals surface area contributed by atoms with Gasteiger partial charge in [0.1, 0.15) is 0 Å². The third-order valence-electron chi connectivity index (χ3n) is 7.15. The first-order valence-corrected chi connectivity index (χ1v) is 11.2. The van der Waals surface area contributed by atoms with E-state index in [-0.39, 0.29) is 0 Å². The SMILES string of the molecule is O=C(C1CCCCCCCCCC1)N1CC[C@@H]2C[C@H]1Cc1ccccc12. The van der Waals surface area contributed by atoms with Crippen molar-refractivity contribution in [1.82, 2.24) is 4.90 Å². The van der Waals surface area contributed by atoms with Gasteiger partial charge in [-0.25, -0.2) is 0 Å². The topological polar surface area (TPSA) is 20.3 Å². The number of hydrogen-bond acceptors (Lipinski definition) is 1. The molecule has 2 nitrogen and oxygen atoms in total. The molecule has 0 N–H and O–H groups in total. The fourth-order valence-electron chi connectivity index (χ4n) is 5.66. The highest BCUT2D eigenvalue weighted by Crippen LogP contribution is 2.40. The summed E-state index contributed by atoms with van der Waals surface area (Å²) in [5, 5.41) is 0. The molecule has 2 heteroatoms. The van der Waals surface area contributed by atoms with E-state index in [0.29, 0.717) is 23.8 Å². The van der Waals surface area contributed by atoms with Crippen molar-refractivity contribution in [3.63, 3.8) is 0 Å². The second-order valence-electron chi connectivity index (χ2n) is 8.91. The molecule has 1 saturated carbocycles. The third-order valence-corrected chi connectivity index (χ3v) is 7.15. The van der Waals surface area contributed by atoms with Crippen LogP contribution in [0, 0.1) is 5.92 Å². The van der Waals surface area contributed by atoms with Gasteiger partial charge in [0.25, 0.3) is 0 Å². The molecule has 142 valence electrons. The molecular weight excluding hydrogens is 318 g/mol. The van der Waals surface area contributed by atoms with E-state index >= 15 is 0 Å². The second kappa shape index (κ2) is 8.59. The Balaban J connectivity index is 1.44. The van der Waals surface area contributed by atoms with E-state index < -0.39 is 0 Å². The third kappa shape index (κ3) is 4.00. The van der Waals surface area contributed by atoms with Crippen LogP contribution in [0.3, 0.4) is 0 Å². The van der Waals surface area contributed by atoms with Crippen LogP contribution in [0.5, 0.6) is 0 Å². The summed E-state index contributed by atoms with van der Waals surface area (Å²) in [5.41, 5.74) is 3.06. The highest BCUT2D eigenvalue weighted by Gasteiger charge is 2.38. The molecule has 1 aromatic carbocycles. The van der Waals surface area contributed by atoms with Crippen molar-refractivity contribution in [2.45, 2.75) is 95.4 Å². The van der Waals surface area contributed by atoms with E-state index in [0.717, 1.165) is 32.2 Å². The Bertz CT molecular complexity index is 598. The zero-order valence-electron chi connectivity index (χ0n) is 16.3. The summed E-state index contributed by atoms with van der Waals surface area (Å²) in [6, 6.07) is 9.40. The Morgan fingerprint density at radius 2 is 1.50 bits per heavy atom. The van der Waals surface area contributed by atoms with E-state index in [1.165, 1.54) is 63.4 Å². The molecule has 2 bridgehead atoms. The molecular formula is C24H35NO. The maximum absolute atomic E-state index is 13.4. The summed E-state index contributed by atoms with van der Waals surface area (Å²) in [4.78, 5) is 15.7. The van der Waals surface area contributed by atoms with E-state index in [9.17, 15) is 4.79 Å². The molecule has 0 unspecified atom stereocenters. The first-order valence-electron chi connectivity index (χ1n) is 11.2. The first kappa shape index (κ1) is 18.1. The van der Waals surface area contributed by atoms with Crippen LogP contribution in [0.25, 0.3) is 0 Å². The van der Waals surface area contributed by atoms with Gasteiger partial charge >= 0.3 is 0 Å². The minimum atomic E-state index is 0.293. The lowest BCUT2D eigenvalue weighted by molar-refractivity contribution is -0.140. The summed E-state index contributed by atoms with van der Waals surface area (Å²) in [5.74, 6) is 1.47. The Hall–Kier alpha value is -1.31. The van der Waals surface area contributed by atoms with Gasteiger partial charge in [-0.05, 0) is 49.1 Å². The lowest BCUT2D eigenvalue weighted by Gasteiger charge is -2.45. The average molecular weight is 354 g/mol. The predicted molar refractivity (Wildman–Crippen MR) is 107 cm³/mol. The number of amides is 1. The molecule has 26 heavy (non-hydrogen) atoms. The molecule has 2 fully saturated rings. The average Bonchev–Trinajstić information content (AvgIpc) is 2.73. The Labute approximate surface area is 159 Å². The quantitative estimate of drug-likeness (QED) is 0.620. The number of nitrogens with zero attached hydrogens (tertiary/aromatic N) is 1. The number of rotatable bonds is 1. The van der Waals surface area contributed by atoms with Gasteiger partial charge < -0.3 is 4.90 Å². The first-order chi connectivity index (χ1) is 12.8. The highest BCUT2D eigenvalue weighted by atomic mass is 16.2. The Morgan fingerprint density at radius 1 is 0.846 bits per heavy atom. The molecule has 1 heterocycles. The second-order valence-corrected chi connectivity index (χ2v) is 8.91. The summed E-state index contributed by atoms with van der Waals surface area (Å²) in [6.07, 6.45) is 16.3. The van der Waals surface area contributed by atoms with Crippen molar-refractivity contribution in [3.8, 4) is 0 Å². The molecule has 4 rings (SSSR count). The zero-order valence-corrected chi connectivity index (χ0v) is 16.3. The zero-order chi connectivity index (χ0) is 17.8. The van der Waals surface area contributed by atoms with Crippen molar-refractivity contribution in [3.05, 3.63) is 35.4 Å². The van der Waals surface area contributed by atoms with E-state index in [4.69, 9.17) is 0 Å². The number of likely N-dealkylation sites (tertiary alicyclic amines) is 1. The minimum Gasteiger partial charge on any atom is -0.339 e. The van der Waals surface area contributed by atoms with Crippen molar-refractivity contribution >= 4 is 5.91 Å². The Kier molecular flexibility index (Phi) is 5.97. The molecule has 1 amide bonds. The van der Waals surface area contributed by atoms with Crippen molar-refractivity contribution in [2.75, 3.05) is 6.54 Å². The van der Waals surface area contributed by atoms with Crippen LogP contribution in [0.2, 0.25) is 0 Å². The van der Waals surface area contributed by atoms with Crippen LogP contribution in [-0.2, 0) is 11.2 Å². The van der Waals surface area contributed by atoms with Crippen molar-refractivity contribution in [1.29, 1.82) is 0 Å². The number of benzene rings is 1. The fourth-order valence-corrected chi connectivity index (χ4v) is 5.66. The maximum atomic E-state index is 13.4. The largest absolute Gasteiger partial charge is 0.339 e. The molecule has 0 radical (unpaired) electrons. The molecule has 0 aromatic heterocycles. The molecule has 1 aromatic rings. The van der Waals surface area contributed by atoms with Crippen LogP contribution in [-0.4, -0.2) is 23.4 Å². The summed E-state index contributed by atoms with van der Waals surface area (Å²) in [7, 11) is 0. The number of hydrogen-bond donors (Lipinski definition) is 0. The van der Waals surface area contributed by atoms with Gasteiger partial charge in [0, 0.05) is 18.5 Å². The minimum absolute atomic E-state index is 0.293. The van der Waals surface area contributed by atoms with E-state index in [1.54, 1.807) is 5.56 Å². The lowest BCUT2D eigenvalue weighted by atomic mass is 9.75. The summed E-state index contributed by atoms with van der Waals surface area (Å²) >= 11 is 0. The van der Waals surface area contributed by atoms with Crippen LogP contribution >= 0.6 is 0 Å². The van der Waals surface area contributed by atoms with Gasteiger partial charge in [0.05, 0.1) is 0 Å². The molecule has 1 aliphatic heterocycles. The van der Waals surface area contributed by atoms with Gasteiger partial charge in [0.15, 0.2) is 0 Å². The number of piperidine rings is 1. The molecule has 2 aliphatic carbocycles. The Morgan fingerprint density at radius 3 is 2.23 bits per heavy atom. The molecule has 2 atom stereocenters. The van der Waals surface area contributed by atoms with E-state index in [2.05, 4.69) is 29.2 Å². The summed E-state index contributed by atoms with van der Waals surface area (Å²) in [6.45, 7) is 0.985. The van der Waals surface area contributed by atoms with Crippen LogP contribution in [0.1, 0.15) is 94.1 Å². The fraction of sp³-hybridized carbons (Fsp3) is 0.708. The van der Waals surface area contributed by atoms with Crippen LogP contribution < -0.4 is 0 Å². The molecule has 1 saturated heterocycles. The van der Waals surface area contributed by atoms with E-state index in [1.807, 2.05) is 0 Å². The normalized spacial score (nSPS) is 28.1. The molecule has 0 spiro atoms. The highest BCUT2D eigenvalue weighted by molar-refractivity contribution is 5.79. The standard InChI is InChI=1S/C24H35NO/c26-24(19-11-7-5-3-1-2-4-6-8-12-19)25-16-15-21-18-22(25)17-20-13-9-10-14-23(20)21/h9-10,13-14,19,21-22H,1-8,11-12,15-18H2/t21-,22-/m1/s1. The van der Waals surface area contributed by atoms with Gasteiger partial charge in [-0.2, -0.15) is 0 Å². The smallest absolute Gasteiger partial charge is 0.225 e. The van der Waals surface area contributed by atoms with Gasteiger partial charge in [0.2, 0.25) is 5.91 Å². The van der Waals surface area contributed by atoms with Crippen LogP contribution in [0.4, 0.5) is 0 Å².